The lowest BCUT2D eigenvalue weighted by atomic mass is 9.79. The summed E-state index contributed by atoms with van der Waals surface area (Å²) in [5, 5.41) is 0. The standard InChI is InChI=1S/C13H24O2/c1-5-14-12-10-8-7-9-11(12)13(3,4)15-6-2/h8,10-12H,5-7,9H2,1-4H3. The summed E-state index contributed by atoms with van der Waals surface area (Å²) in [6, 6.07) is 0. The lowest BCUT2D eigenvalue weighted by Gasteiger charge is -2.39. The molecular formula is C13H24O2. The summed E-state index contributed by atoms with van der Waals surface area (Å²) in [5.74, 6) is 0.474. The first kappa shape index (κ1) is 12.7. The fourth-order valence-corrected chi connectivity index (χ4v) is 2.39. The van der Waals surface area contributed by atoms with Gasteiger partial charge in [0, 0.05) is 19.1 Å². The van der Waals surface area contributed by atoms with Gasteiger partial charge in [0.05, 0.1) is 11.7 Å². The van der Waals surface area contributed by atoms with Gasteiger partial charge in [0.25, 0.3) is 0 Å². The monoisotopic (exact) mass is 212 g/mol. The maximum Gasteiger partial charge on any atom is 0.0811 e. The van der Waals surface area contributed by atoms with E-state index in [9.17, 15) is 0 Å². The van der Waals surface area contributed by atoms with Crippen molar-refractivity contribution in [2.75, 3.05) is 13.2 Å². The third-order valence-corrected chi connectivity index (χ3v) is 3.14. The molecule has 0 radical (unpaired) electrons. The van der Waals surface area contributed by atoms with Crippen LogP contribution < -0.4 is 0 Å². The smallest absolute Gasteiger partial charge is 0.0811 e. The highest BCUT2D eigenvalue weighted by atomic mass is 16.5. The SMILES string of the molecule is CCOC1C=CCCC1C(C)(C)OCC. The summed E-state index contributed by atoms with van der Waals surface area (Å²) in [6.07, 6.45) is 6.95. The van der Waals surface area contributed by atoms with Crippen LogP contribution in [0.5, 0.6) is 0 Å². The molecule has 0 saturated heterocycles. The van der Waals surface area contributed by atoms with Crippen LogP contribution in [0.25, 0.3) is 0 Å². The van der Waals surface area contributed by atoms with Crippen molar-refractivity contribution in [3.63, 3.8) is 0 Å². The number of ether oxygens (including phenoxy) is 2. The quantitative estimate of drug-likeness (QED) is 0.652. The summed E-state index contributed by atoms with van der Waals surface area (Å²) in [7, 11) is 0. The van der Waals surface area contributed by atoms with Gasteiger partial charge in [-0.2, -0.15) is 0 Å². The maximum absolute atomic E-state index is 5.83. The molecule has 0 saturated carbocycles. The first-order chi connectivity index (χ1) is 7.11. The molecule has 1 aliphatic carbocycles. The molecule has 2 heteroatoms. The van der Waals surface area contributed by atoms with Crippen LogP contribution in [-0.2, 0) is 9.47 Å². The predicted molar refractivity (Wildman–Crippen MR) is 63.0 cm³/mol. The van der Waals surface area contributed by atoms with Gasteiger partial charge in [0.2, 0.25) is 0 Å². The molecule has 0 aromatic carbocycles. The highest BCUT2D eigenvalue weighted by Crippen LogP contribution is 2.33. The summed E-state index contributed by atoms with van der Waals surface area (Å²) >= 11 is 0. The lowest BCUT2D eigenvalue weighted by molar-refractivity contribution is -0.101. The van der Waals surface area contributed by atoms with E-state index in [0.29, 0.717) is 5.92 Å². The van der Waals surface area contributed by atoms with Crippen LogP contribution in [0, 0.1) is 5.92 Å². The van der Waals surface area contributed by atoms with Crippen molar-refractivity contribution in [1.29, 1.82) is 0 Å². The molecule has 2 nitrogen and oxygen atoms in total. The van der Waals surface area contributed by atoms with Crippen molar-refractivity contribution in [1.82, 2.24) is 0 Å². The van der Waals surface area contributed by atoms with E-state index in [2.05, 4.69) is 32.9 Å². The van der Waals surface area contributed by atoms with Gasteiger partial charge in [-0.3, -0.25) is 0 Å². The molecule has 88 valence electrons. The van der Waals surface area contributed by atoms with E-state index in [1.807, 2.05) is 6.92 Å². The first-order valence-corrected chi connectivity index (χ1v) is 6.04. The molecule has 1 aliphatic rings. The Hall–Kier alpha value is -0.340. The average molecular weight is 212 g/mol. The molecular weight excluding hydrogens is 188 g/mol. The Morgan fingerprint density at radius 3 is 2.60 bits per heavy atom. The third-order valence-electron chi connectivity index (χ3n) is 3.14. The van der Waals surface area contributed by atoms with Crippen LogP contribution in [0.4, 0.5) is 0 Å². The zero-order valence-corrected chi connectivity index (χ0v) is 10.5. The molecule has 2 unspecified atom stereocenters. The minimum Gasteiger partial charge on any atom is -0.375 e. The van der Waals surface area contributed by atoms with Crippen molar-refractivity contribution in [3.05, 3.63) is 12.2 Å². The fourth-order valence-electron chi connectivity index (χ4n) is 2.39. The number of hydrogen-bond acceptors (Lipinski definition) is 2. The average Bonchev–Trinajstić information content (AvgIpc) is 2.19. The highest BCUT2D eigenvalue weighted by molar-refractivity contribution is 5.03. The van der Waals surface area contributed by atoms with Gasteiger partial charge < -0.3 is 9.47 Å². The summed E-state index contributed by atoms with van der Waals surface area (Å²) in [4.78, 5) is 0. The second kappa shape index (κ2) is 5.66. The molecule has 0 aromatic heterocycles. The van der Waals surface area contributed by atoms with E-state index in [0.717, 1.165) is 26.1 Å². The number of hydrogen-bond donors (Lipinski definition) is 0. The van der Waals surface area contributed by atoms with Gasteiger partial charge >= 0.3 is 0 Å². The van der Waals surface area contributed by atoms with E-state index in [-0.39, 0.29) is 11.7 Å². The van der Waals surface area contributed by atoms with Gasteiger partial charge in [-0.25, -0.2) is 0 Å². The van der Waals surface area contributed by atoms with Crippen LogP contribution in [0.3, 0.4) is 0 Å². The second-order valence-electron chi connectivity index (χ2n) is 4.57. The largest absolute Gasteiger partial charge is 0.375 e. The molecule has 0 N–H and O–H groups in total. The number of rotatable bonds is 5. The lowest BCUT2D eigenvalue weighted by Crippen LogP contribution is -2.43. The second-order valence-corrected chi connectivity index (χ2v) is 4.57. The van der Waals surface area contributed by atoms with E-state index < -0.39 is 0 Å². The van der Waals surface area contributed by atoms with Gasteiger partial charge in [0.15, 0.2) is 0 Å². The van der Waals surface area contributed by atoms with E-state index in [1.165, 1.54) is 0 Å². The van der Waals surface area contributed by atoms with E-state index in [1.54, 1.807) is 0 Å². The van der Waals surface area contributed by atoms with Crippen LogP contribution in [0.15, 0.2) is 12.2 Å². The molecule has 0 fully saturated rings. The van der Waals surface area contributed by atoms with Crippen LogP contribution in [-0.4, -0.2) is 24.9 Å². The van der Waals surface area contributed by atoms with Gasteiger partial charge in [-0.05, 0) is 40.5 Å². The van der Waals surface area contributed by atoms with Crippen molar-refractivity contribution in [3.8, 4) is 0 Å². The molecule has 0 spiro atoms. The minimum absolute atomic E-state index is 0.0840. The van der Waals surface area contributed by atoms with Gasteiger partial charge in [0.1, 0.15) is 0 Å². The Morgan fingerprint density at radius 1 is 1.27 bits per heavy atom. The molecule has 1 rings (SSSR count). The summed E-state index contributed by atoms with van der Waals surface area (Å²) < 4.78 is 11.6. The van der Waals surface area contributed by atoms with Gasteiger partial charge in [-0.1, -0.05) is 12.2 Å². The van der Waals surface area contributed by atoms with E-state index >= 15 is 0 Å². The third kappa shape index (κ3) is 3.32. The Kier molecular flexibility index (Phi) is 4.81. The first-order valence-electron chi connectivity index (χ1n) is 6.04. The molecule has 0 heterocycles. The minimum atomic E-state index is -0.0840. The normalized spacial score (nSPS) is 26.9. The van der Waals surface area contributed by atoms with Crippen molar-refractivity contribution in [2.24, 2.45) is 5.92 Å². The molecule has 0 aliphatic heterocycles. The summed E-state index contributed by atoms with van der Waals surface area (Å²) in [5.41, 5.74) is -0.0840. The maximum atomic E-state index is 5.83. The molecule has 0 bridgehead atoms. The zero-order chi connectivity index (χ0) is 11.3. The van der Waals surface area contributed by atoms with Gasteiger partial charge in [-0.15, -0.1) is 0 Å². The molecule has 0 amide bonds. The molecule has 15 heavy (non-hydrogen) atoms. The van der Waals surface area contributed by atoms with Crippen molar-refractivity contribution in [2.45, 2.75) is 52.2 Å². The Morgan fingerprint density at radius 2 is 2.00 bits per heavy atom. The van der Waals surface area contributed by atoms with Crippen molar-refractivity contribution >= 4 is 0 Å². The predicted octanol–water partition coefficient (Wildman–Crippen LogP) is 3.17. The van der Waals surface area contributed by atoms with Crippen LogP contribution in [0.2, 0.25) is 0 Å². The fraction of sp³-hybridized carbons (Fsp3) is 0.846. The zero-order valence-electron chi connectivity index (χ0n) is 10.5. The van der Waals surface area contributed by atoms with Crippen LogP contribution >= 0.6 is 0 Å². The van der Waals surface area contributed by atoms with Crippen LogP contribution in [0.1, 0.15) is 40.5 Å². The topological polar surface area (TPSA) is 18.5 Å². The Labute approximate surface area is 93.7 Å². The Bertz CT molecular complexity index is 209. The highest BCUT2D eigenvalue weighted by Gasteiger charge is 2.36. The molecule has 2 atom stereocenters. The number of allylic oxidation sites excluding steroid dienone is 1. The Balaban J connectivity index is 2.68. The van der Waals surface area contributed by atoms with Crippen molar-refractivity contribution < 1.29 is 9.47 Å². The van der Waals surface area contributed by atoms with E-state index in [4.69, 9.17) is 9.47 Å². The summed E-state index contributed by atoms with van der Waals surface area (Å²) in [6.45, 7) is 9.99. The molecule has 0 aromatic rings.